The number of piperazine rings is 1. The number of aryl methyl sites for hydroxylation is 3. The third kappa shape index (κ3) is 15.6. The normalized spacial score (nSPS) is 15.2. The van der Waals surface area contributed by atoms with E-state index < -0.39 is 23.5 Å². The van der Waals surface area contributed by atoms with Crippen LogP contribution in [0, 0.1) is 16.7 Å². The number of nitrogens with zero attached hydrogens (tertiary/aromatic N) is 12. The summed E-state index contributed by atoms with van der Waals surface area (Å²) in [6.07, 6.45) is 16.9. The summed E-state index contributed by atoms with van der Waals surface area (Å²) in [5.41, 5.74) is 4.07. The van der Waals surface area contributed by atoms with Crippen molar-refractivity contribution in [2.45, 2.75) is 143 Å². The van der Waals surface area contributed by atoms with Gasteiger partial charge in [-0.2, -0.15) is 5.26 Å². The number of Topliss-reactive ketones (excluding diaryl/α,β-unsaturated/α-hetero) is 1. The Bertz CT molecular complexity index is 3220. The number of carboxylic acids is 1. The van der Waals surface area contributed by atoms with E-state index in [0.717, 1.165) is 62.7 Å². The number of hydrogen-bond acceptors (Lipinski definition) is 16. The Hall–Kier alpha value is -8.67. The topological polar surface area (TPSA) is 268 Å². The summed E-state index contributed by atoms with van der Waals surface area (Å²) in [7, 11) is 0. The lowest BCUT2D eigenvalue weighted by molar-refractivity contribution is -0.139. The molecule has 3 amide bonds. The Morgan fingerprint density at radius 3 is 2.42 bits per heavy atom. The van der Waals surface area contributed by atoms with Crippen LogP contribution in [-0.4, -0.2) is 123 Å². The Kier molecular flexibility index (Phi) is 19.2. The maximum absolute atomic E-state index is 13.5. The highest BCUT2D eigenvalue weighted by molar-refractivity contribution is 6.13. The first-order valence-electron chi connectivity index (χ1n) is 27.8. The molecule has 2 aliphatic rings. The molecule has 1 saturated heterocycles. The van der Waals surface area contributed by atoms with E-state index in [2.05, 4.69) is 47.0 Å². The number of carbonyl (C=O) groups excluding carboxylic acids is 4. The molecule has 6 aromatic rings. The molecule has 7 heterocycles. The molecular weight excluding hydrogens is 1030 g/mol. The molecule has 0 saturated carbocycles. The van der Waals surface area contributed by atoms with Gasteiger partial charge < -0.3 is 35.2 Å². The fraction of sp³-hybridized carbons (Fsp3) is 0.450. The fourth-order valence-corrected chi connectivity index (χ4v) is 9.95. The maximum atomic E-state index is 13.5. The van der Waals surface area contributed by atoms with Gasteiger partial charge in [0, 0.05) is 93.4 Å². The zero-order chi connectivity index (χ0) is 57.7. The van der Waals surface area contributed by atoms with E-state index in [1.807, 2.05) is 92.6 Å². The van der Waals surface area contributed by atoms with E-state index in [1.165, 1.54) is 6.20 Å². The number of pyridine rings is 3. The minimum absolute atomic E-state index is 0.0474. The Morgan fingerprint density at radius 1 is 0.914 bits per heavy atom. The zero-order valence-corrected chi connectivity index (χ0v) is 47.1. The average molecular weight is 1100 g/mol. The summed E-state index contributed by atoms with van der Waals surface area (Å²) in [6.45, 7) is 14.3. The Labute approximate surface area is 472 Å². The predicted molar refractivity (Wildman–Crippen MR) is 303 cm³/mol. The van der Waals surface area contributed by atoms with Crippen LogP contribution >= 0.6 is 0 Å². The largest absolute Gasteiger partial charge is 0.480 e. The second-order valence-corrected chi connectivity index (χ2v) is 22.5. The van der Waals surface area contributed by atoms with Crippen molar-refractivity contribution in [2.75, 3.05) is 36.0 Å². The quantitative estimate of drug-likeness (QED) is 0.0459. The molecule has 8 rings (SSSR count). The molecule has 2 atom stereocenters. The highest BCUT2D eigenvalue weighted by Gasteiger charge is 2.45. The summed E-state index contributed by atoms with van der Waals surface area (Å²) in [5.74, 6) is 0.0864. The van der Waals surface area contributed by atoms with Gasteiger partial charge in [-0.25, -0.2) is 29.7 Å². The van der Waals surface area contributed by atoms with Gasteiger partial charge in [0.05, 0.1) is 34.6 Å². The van der Waals surface area contributed by atoms with Gasteiger partial charge in [-0.3, -0.25) is 23.9 Å². The van der Waals surface area contributed by atoms with Crippen molar-refractivity contribution >= 4 is 41.2 Å². The van der Waals surface area contributed by atoms with Crippen LogP contribution in [0.1, 0.15) is 143 Å². The maximum Gasteiger partial charge on any atom is 0.326 e. The molecule has 3 N–H and O–H groups in total. The van der Waals surface area contributed by atoms with Gasteiger partial charge in [-0.1, -0.05) is 69.9 Å². The van der Waals surface area contributed by atoms with Gasteiger partial charge in [-0.05, 0) is 107 Å². The van der Waals surface area contributed by atoms with Crippen LogP contribution in [0.3, 0.4) is 0 Å². The molecule has 21 heteroatoms. The van der Waals surface area contributed by atoms with E-state index in [1.54, 1.807) is 53.8 Å². The van der Waals surface area contributed by atoms with Crippen LogP contribution in [0.4, 0.5) is 11.8 Å². The standard InChI is InChI=1S/C60H72N14O7/c1-40-37-71(58-65-34-44(35-66-58)48-23-22-47-54(77)60(5,6)74(55(47)67-48)38-43-16-14-27-62-50(43)32-61)29-30-73(40)53(76)36-63-51(75)18-11-9-7-8-10-12-28-72-39-45(69-70-72)21-19-41-15-13-17-46(31-41)81-52-24-20-42(33-64-52)56(78)68-49(57(79)80)25-26-59(2,3)4/h13-17,20,22-24,27,31,33-35,39-40,49H,7-12,18-19,21,25-26,28-30,36-38H2,1-6H3,(H,63,75)(H,68,78)(H,79,80)/t40-,49+/m1/s1. The molecule has 1 fully saturated rings. The minimum atomic E-state index is -1.07. The molecule has 5 aromatic heterocycles. The Balaban J connectivity index is 0.677. The highest BCUT2D eigenvalue weighted by Crippen LogP contribution is 2.40. The summed E-state index contributed by atoms with van der Waals surface area (Å²) in [5, 5.41) is 33.4. The first-order valence-corrected chi connectivity index (χ1v) is 27.8. The molecule has 81 heavy (non-hydrogen) atoms. The first kappa shape index (κ1) is 58.5. The van der Waals surface area contributed by atoms with Crippen LogP contribution in [0.5, 0.6) is 11.6 Å². The SMILES string of the molecule is C[C@@H]1CN(c2ncc(-c3ccc4c(n3)N(Cc3cccnc3C#N)C(C)(C)C4=O)cn2)CCN1C(=O)CNC(=O)CCCCCCCCn1cc(CCc2cccc(Oc3ccc(C(=O)N[C@@H](CCC(C)(C)C)C(=O)O)cn3)c2)nn1. The third-order valence-corrected chi connectivity index (χ3v) is 14.7. The van der Waals surface area contributed by atoms with Crippen LogP contribution in [0.15, 0.2) is 91.6 Å². The number of rotatable bonds is 25. The number of nitrogens with one attached hydrogen (secondary N) is 2. The van der Waals surface area contributed by atoms with E-state index in [0.29, 0.717) is 103 Å². The molecule has 0 aliphatic carbocycles. The lowest BCUT2D eigenvalue weighted by Gasteiger charge is -2.39. The summed E-state index contributed by atoms with van der Waals surface area (Å²) in [6, 6.07) is 19.0. The van der Waals surface area contributed by atoms with Gasteiger partial charge >= 0.3 is 5.97 Å². The van der Waals surface area contributed by atoms with Crippen LogP contribution in [0.25, 0.3) is 11.3 Å². The number of unbranched alkanes of at least 4 members (excludes halogenated alkanes) is 5. The summed E-state index contributed by atoms with van der Waals surface area (Å²) >= 11 is 0. The predicted octanol–water partition coefficient (Wildman–Crippen LogP) is 7.94. The van der Waals surface area contributed by atoms with Crippen molar-refractivity contribution in [2.24, 2.45) is 5.41 Å². The highest BCUT2D eigenvalue weighted by atomic mass is 16.5. The monoisotopic (exact) mass is 1100 g/mol. The number of aliphatic carboxylic acids is 1. The second-order valence-electron chi connectivity index (χ2n) is 22.5. The molecule has 0 spiro atoms. The lowest BCUT2D eigenvalue weighted by atomic mass is 9.88. The number of ether oxygens (including phenoxy) is 1. The van der Waals surface area contributed by atoms with E-state index in [4.69, 9.17) is 9.72 Å². The summed E-state index contributed by atoms with van der Waals surface area (Å²) in [4.78, 5) is 92.4. The first-order chi connectivity index (χ1) is 38.8. The van der Waals surface area contributed by atoms with E-state index in [9.17, 15) is 34.3 Å². The van der Waals surface area contributed by atoms with Crippen molar-refractivity contribution < 1.29 is 33.8 Å². The number of ketones is 1. The lowest BCUT2D eigenvalue weighted by Crippen LogP contribution is -2.56. The van der Waals surface area contributed by atoms with Gasteiger partial charge in [0.25, 0.3) is 5.91 Å². The van der Waals surface area contributed by atoms with Crippen molar-refractivity contribution in [3.63, 3.8) is 0 Å². The Morgan fingerprint density at radius 2 is 1.69 bits per heavy atom. The van der Waals surface area contributed by atoms with Crippen molar-refractivity contribution in [1.29, 1.82) is 5.26 Å². The molecule has 2 aliphatic heterocycles. The fourth-order valence-electron chi connectivity index (χ4n) is 9.95. The number of amides is 3. The number of aromatic nitrogens is 8. The number of nitriles is 1. The number of fused-ring (bicyclic) bond motifs is 1. The average Bonchev–Trinajstić information content (AvgIpc) is 3.65. The summed E-state index contributed by atoms with van der Waals surface area (Å²) < 4.78 is 7.85. The number of anilines is 2. The van der Waals surface area contributed by atoms with Crippen LogP contribution in [-0.2, 0) is 40.3 Å². The molecule has 21 nitrogen and oxygen atoms in total. The van der Waals surface area contributed by atoms with Gasteiger partial charge in [0.2, 0.25) is 23.6 Å². The molecule has 1 aromatic carbocycles. The van der Waals surface area contributed by atoms with Crippen molar-refractivity contribution in [3.05, 3.63) is 125 Å². The minimum Gasteiger partial charge on any atom is -0.480 e. The smallest absolute Gasteiger partial charge is 0.326 e. The number of carboxylic acid groups (broad SMARTS) is 1. The number of benzene rings is 1. The van der Waals surface area contributed by atoms with Gasteiger partial charge in [-0.15, -0.1) is 5.10 Å². The zero-order valence-electron chi connectivity index (χ0n) is 47.1. The van der Waals surface area contributed by atoms with E-state index >= 15 is 0 Å². The number of carbonyl (C=O) groups is 5. The molecule has 0 unspecified atom stereocenters. The molecular formula is C60H72N14O7. The van der Waals surface area contributed by atoms with Crippen molar-refractivity contribution in [3.8, 4) is 29.0 Å². The van der Waals surface area contributed by atoms with Crippen molar-refractivity contribution in [1.82, 2.24) is 55.4 Å². The number of hydrogen-bond donors (Lipinski definition) is 3. The molecule has 0 bridgehead atoms. The van der Waals surface area contributed by atoms with Gasteiger partial charge in [0.1, 0.15) is 29.4 Å². The van der Waals surface area contributed by atoms with E-state index in [-0.39, 0.29) is 41.2 Å². The van der Waals surface area contributed by atoms with Gasteiger partial charge in [0.15, 0.2) is 5.78 Å². The van der Waals surface area contributed by atoms with Crippen LogP contribution in [0.2, 0.25) is 0 Å². The third-order valence-electron chi connectivity index (χ3n) is 14.7. The van der Waals surface area contributed by atoms with Crippen LogP contribution < -0.4 is 25.2 Å². The second kappa shape index (κ2) is 26.5. The molecule has 0 radical (unpaired) electrons. The molecule has 424 valence electrons.